The molecule has 0 bridgehead atoms. The molecule has 0 heterocycles. The molecule has 2 rings (SSSR count). The van der Waals surface area contributed by atoms with Gasteiger partial charge < -0.3 is 0 Å². The zero-order valence-electron chi connectivity index (χ0n) is 17.4. The highest BCUT2D eigenvalue weighted by Gasteiger charge is 2.28. The van der Waals surface area contributed by atoms with Gasteiger partial charge >= 0.3 is 0 Å². The van der Waals surface area contributed by atoms with Crippen molar-refractivity contribution in [3.05, 3.63) is 0 Å². The van der Waals surface area contributed by atoms with Crippen molar-refractivity contribution in [1.82, 2.24) is 0 Å². The summed E-state index contributed by atoms with van der Waals surface area (Å²) in [5.41, 5.74) is 0. The van der Waals surface area contributed by atoms with E-state index in [1.54, 1.807) is 0 Å². The summed E-state index contributed by atoms with van der Waals surface area (Å²) in [6.07, 6.45) is 21.0. The van der Waals surface area contributed by atoms with Crippen LogP contribution in [0.5, 0.6) is 0 Å². The van der Waals surface area contributed by atoms with E-state index in [4.69, 9.17) is 0 Å². The summed E-state index contributed by atoms with van der Waals surface area (Å²) in [6, 6.07) is 0. The van der Waals surface area contributed by atoms with Crippen molar-refractivity contribution < 1.29 is 0 Å². The van der Waals surface area contributed by atoms with Crippen molar-refractivity contribution in [3.63, 3.8) is 0 Å². The first kappa shape index (κ1) is 20.3. The molecule has 0 aromatic rings. The summed E-state index contributed by atoms with van der Waals surface area (Å²) in [4.78, 5) is 0. The smallest absolute Gasteiger partial charge is 0.0386 e. The minimum Gasteiger partial charge on any atom is -0.0625 e. The second-order valence-electron chi connectivity index (χ2n) is 10.0. The van der Waals surface area contributed by atoms with E-state index in [-0.39, 0.29) is 0 Å². The van der Waals surface area contributed by atoms with Crippen LogP contribution >= 0.6 is 0 Å². The summed E-state index contributed by atoms with van der Waals surface area (Å²) in [5, 5.41) is 0. The minimum atomic E-state index is 1.00. The van der Waals surface area contributed by atoms with E-state index in [1.165, 1.54) is 89.9 Å². The highest BCUT2D eigenvalue weighted by molar-refractivity contribution is 4.79. The second kappa shape index (κ2) is 10.9. The molecule has 0 N–H and O–H groups in total. The third-order valence-electron chi connectivity index (χ3n) is 7.47. The van der Waals surface area contributed by atoms with Crippen LogP contribution in [0.15, 0.2) is 0 Å². The van der Waals surface area contributed by atoms with Crippen LogP contribution in [0.4, 0.5) is 0 Å². The molecule has 0 aliphatic heterocycles. The lowest BCUT2D eigenvalue weighted by molar-refractivity contribution is 0.368. The maximum absolute atomic E-state index is 2.49. The normalized spacial score (nSPS) is 36.5. The Morgan fingerprint density at radius 1 is 0.458 bits per heavy atom. The lowest BCUT2D eigenvalue weighted by atomic mass is 9.91. The largest absolute Gasteiger partial charge is 0.0625 e. The number of unbranched alkanes of at least 4 members (excludes halogenated alkanes) is 7. The Morgan fingerprint density at radius 2 is 0.792 bits per heavy atom. The van der Waals surface area contributed by atoms with Crippen LogP contribution in [0.25, 0.3) is 0 Å². The highest BCUT2D eigenvalue weighted by atomic mass is 14.3. The third kappa shape index (κ3) is 7.09. The zero-order chi connectivity index (χ0) is 17.4. The minimum absolute atomic E-state index is 1.00. The van der Waals surface area contributed by atoms with Gasteiger partial charge in [-0.1, -0.05) is 91.9 Å². The van der Waals surface area contributed by atoms with Gasteiger partial charge in [-0.05, 0) is 61.2 Å². The summed E-state index contributed by atoms with van der Waals surface area (Å²) in [7, 11) is 0. The topological polar surface area (TPSA) is 0 Å². The van der Waals surface area contributed by atoms with E-state index in [1.807, 2.05) is 0 Å². The van der Waals surface area contributed by atoms with Gasteiger partial charge in [0.2, 0.25) is 0 Å². The Hall–Kier alpha value is 0. The molecule has 0 nitrogen and oxygen atoms in total. The standard InChI is InChI=1S/C24H46/c1-19-15-21(3)23(17-19)13-11-9-7-5-6-8-10-12-14-24-18-20(2)16-22(24)4/h19-24H,5-18H2,1-4H3. The van der Waals surface area contributed by atoms with Gasteiger partial charge in [0.05, 0.1) is 0 Å². The molecule has 2 aliphatic rings. The molecule has 2 aliphatic carbocycles. The highest BCUT2D eigenvalue weighted by Crippen LogP contribution is 2.39. The van der Waals surface area contributed by atoms with E-state index < -0.39 is 0 Å². The van der Waals surface area contributed by atoms with Crippen LogP contribution in [-0.4, -0.2) is 0 Å². The Balaban J connectivity index is 1.35. The number of hydrogen-bond acceptors (Lipinski definition) is 0. The summed E-state index contributed by atoms with van der Waals surface area (Å²) in [5.74, 6) is 6.12. The second-order valence-corrected chi connectivity index (χ2v) is 10.0. The van der Waals surface area contributed by atoms with E-state index >= 15 is 0 Å². The van der Waals surface area contributed by atoms with Crippen molar-refractivity contribution >= 4 is 0 Å². The zero-order valence-corrected chi connectivity index (χ0v) is 17.4. The Kier molecular flexibility index (Phi) is 9.20. The molecule has 0 amide bonds. The van der Waals surface area contributed by atoms with Gasteiger partial charge in [0.25, 0.3) is 0 Å². The first-order valence-corrected chi connectivity index (χ1v) is 11.6. The fraction of sp³-hybridized carbons (Fsp3) is 1.00. The monoisotopic (exact) mass is 334 g/mol. The maximum Gasteiger partial charge on any atom is -0.0386 e. The van der Waals surface area contributed by atoms with Gasteiger partial charge in [0.15, 0.2) is 0 Å². The lowest BCUT2D eigenvalue weighted by Crippen LogP contribution is -2.03. The van der Waals surface area contributed by atoms with Crippen molar-refractivity contribution in [2.75, 3.05) is 0 Å². The van der Waals surface area contributed by atoms with Gasteiger partial charge in [-0.15, -0.1) is 0 Å². The molecule has 0 saturated heterocycles. The van der Waals surface area contributed by atoms with Gasteiger partial charge in [-0.25, -0.2) is 0 Å². The van der Waals surface area contributed by atoms with Crippen LogP contribution < -0.4 is 0 Å². The number of hydrogen-bond donors (Lipinski definition) is 0. The Labute approximate surface area is 153 Å². The van der Waals surface area contributed by atoms with Crippen molar-refractivity contribution in [3.8, 4) is 0 Å². The third-order valence-corrected chi connectivity index (χ3v) is 7.47. The molecular formula is C24H46. The van der Waals surface area contributed by atoms with Crippen LogP contribution in [-0.2, 0) is 0 Å². The quantitative estimate of drug-likeness (QED) is 0.334. The van der Waals surface area contributed by atoms with Crippen molar-refractivity contribution in [1.29, 1.82) is 0 Å². The van der Waals surface area contributed by atoms with Gasteiger partial charge in [-0.3, -0.25) is 0 Å². The molecule has 0 radical (unpaired) electrons. The SMILES string of the molecule is CC1CC(C)C(CCCCCCCCCCC2CC(C)CC2C)C1. The predicted molar refractivity (Wildman–Crippen MR) is 108 cm³/mol. The molecular weight excluding hydrogens is 288 g/mol. The molecule has 6 unspecified atom stereocenters. The van der Waals surface area contributed by atoms with Gasteiger partial charge in [-0.2, -0.15) is 0 Å². The van der Waals surface area contributed by atoms with E-state index in [0.29, 0.717) is 0 Å². The van der Waals surface area contributed by atoms with E-state index in [0.717, 1.165) is 35.5 Å². The van der Waals surface area contributed by atoms with Crippen molar-refractivity contribution in [2.24, 2.45) is 35.5 Å². The molecule has 24 heavy (non-hydrogen) atoms. The molecule has 142 valence electrons. The molecule has 2 saturated carbocycles. The summed E-state index contributed by atoms with van der Waals surface area (Å²) in [6.45, 7) is 9.87. The molecule has 0 spiro atoms. The maximum atomic E-state index is 2.49. The lowest BCUT2D eigenvalue weighted by Gasteiger charge is -2.15. The predicted octanol–water partition coefficient (Wildman–Crippen LogP) is 8.25. The number of rotatable bonds is 11. The van der Waals surface area contributed by atoms with Gasteiger partial charge in [0, 0.05) is 0 Å². The van der Waals surface area contributed by atoms with E-state index in [9.17, 15) is 0 Å². The first-order chi connectivity index (χ1) is 11.6. The van der Waals surface area contributed by atoms with E-state index in [2.05, 4.69) is 27.7 Å². The molecule has 0 heteroatoms. The molecule has 6 atom stereocenters. The molecule has 2 fully saturated rings. The summed E-state index contributed by atoms with van der Waals surface area (Å²) >= 11 is 0. The van der Waals surface area contributed by atoms with Gasteiger partial charge in [0.1, 0.15) is 0 Å². The average Bonchev–Trinajstić information content (AvgIpc) is 3.02. The molecule has 0 aromatic carbocycles. The van der Waals surface area contributed by atoms with Crippen LogP contribution in [0, 0.1) is 35.5 Å². The molecule has 0 aromatic heterocycles. The van der Waals surface area contributed by atoms with Crippen LogP contribution in [0.3, 0.4) is 0 Å². The Morgan fingerprint density at radius 3 is 1.08 bits per heavy atom. The summed E-state index contributed by atoms with van der Waals surface area (Å²) < 4.78 is 0. The average molecular weight is 335 g/mol. The Bertz CT molecular complexity index is 288. The van der Waals surface area contributed by atoms with Crippen LogP contribution in [0.1, 0.15) is 118 Å². The fourth-order valence-electron chi connectivity index (χ4n) is 6.02. The van der Waals surface area contributed by atoms with Crippen LogP contribution in [0.2, 0.25) is 0 Å². The fourth-order valence-corrected chi connectivity index (χ4v) is 6.02. The first-order valence-electron chi connectivity index (χ1n) is 11.6. The van der Waals surface area contributed by atoms with Crippen molar-refractivity contribution in [2.45, 2.75) is 118 Å².